The van der Waals surface area contributed by atoms with Gasteiger partial charge in [0.15, 0.2) is 0 Å². The first kappa shape index (κ1) is 21.1. The van der Waals surface area contributed by atoms with Gasteiger partial charge in [0, 0.05) is 22.7 Å². The van der Waals surface area contributed by atoms with E-state index >= 15 is 0 Å². The molecule has 7 nitrogen and oxygen atoms in total. The fraction of sp³-hybridized carbons (Fsp3) is 0.158. The summed E-state index contributed by atoms with van der Waals surface area (Å²) in [5, 5.41) is 4.57. The molecule has 0 aliphatic rings. The smallest absolute Gasteiger partial charge is 0.351 e. The number of benzene rings is 2. The van der Waals surface area contributed by atoms with Crippen LogP contribution >= 0.6 is 34.8 Å². The standard InChI is InChI=1S/C19H14Cl3N3O4/c1-24-14(26)9-23-25(19(24)28)13-8-7-12(21)16(17(13)22)15(18(27)29-2)10-3-5-11(20)6-4-10/h3-9,15H,1-2H3. The van der Waals surface area contributed by atoms with Crippen LogP contribution in [0.15, 0.2) is 52.2 Å². The van der Waals surface area contributed by atoms with Crippen molar-refractivity contribution in [1.82, 2.24) is 14.3 Å². The van der Waals surface area contributed by atoms with Gasteiger partial charge in [0.1, 0.15) is 12.1 Å². The molecular weight excluding hydrogens is 441 g/mol. The van der Waals surface area contributed by atoms with Gasteiger partial charge < -0.3 is 4.74 Å². The largest absolute Gasteiger partial charge is 0.468 e. The molecule has 1 atom stereocenters. The molecule has 10 heteroatoms. The summed E-state index contributed by atoms with van der Waals surface area (Å²) in [5.41, 5.74) is -0.320. The van der Waals surface area contributed by atoms with E-state index in [4.69, 9.17) is 39.5 Å². The highest BCUT2D eigenvalue weighted by atomic mass is 35.5. The van der Waals surface area contributed by atoms with E-state index in [1.807, 2.05) is 0 Å². The zero-order valence-corrected chi connectivity index (χ0v) is 17.5. The lowest BCUT2D eigenvalue weighted by molar-refractivity contribution is -0.141. The molecule has 29 heavy (non-hydrogen) atoms. The Morgan fingerprint density at radius 3 is 2.34 bits per heavy atom. The van der Waals surface area contributed by atoms with Crippen LogP contribution in [0.5, 0.6) is 0 Å². The molecule has 0 spiro atoms. The van der Waals surface area contributed by atoms with E-state index in [1.54, 1.807) is 24.3 Å². The lowest BCUT2D eigenvalue weighted by atomic mass is 9.90. The maximum Gasteiger partial charge on any atom is 0.351 e. The zero-order valence-electron chi connectivity index (χ0n) is 15.2. The van der Waals surface area contributed by atoms with Crippen molar-refractivity contribution >= 4 is 40.8 Å². The van der Waals surface area contributed by atoms with E-state index in [0.29, 0.717) is 10.6 Å². The summed E-state index contributed by atoms with van der Waals surface area (Å²) in [6.45, 7) is 0. The van der Waals surface area contributed by atoms with Crippen LogP contribution in [0.2, 0.25) is 15.1 Å². The number of nitrogens with zero attached hydrogens (tertiary/aromatic N) is 3. The number of esters is 1. The Bertz CT molecular complexity index is 1200. The van der Waals surface area contributed by atoms with E-state index in [9.17, 15) is 14.4 Å². The lowest BCUT2D eigenvalue weighted by Crippen LogP contribution is -2.38. The summed E-state index contributed by atoms with van der Waals surface area (Å²) in [5.74, 6) is -1.57. The van der Waals surface area contributed by atoms with E-state index in [2.05, 4.69) is 5.10 Å². The average molecular weight is 455 g/mol. The molecule has 0 radical (unpaired) electrons. The Labute approximate surface area is 180 Å². The van der Waals surface area contributed by atoms with Gasteiger partial charge in [0.25, 0.3) is 5.56 Å². The van der Waals surface area contributed by atoms with E-state index < -0.39 is 23.1 Å². The highest BCUT2D eigenvalue weighted by Gasteiger charge is 2.30. The minimum atomic E-state index is -0.972. The van der Waals surface area contributed by atoms with Crippen LogP contribution in [0.1, 0.15) is 17.0 Å². The summed E-state index contributed by atoms with van der Waals surface area (Å²) >= 11 is 18.9. The predicted molar refractivity (Wildman–Crippen MR) is 110 cm³/mol. The zero-order chi connectivity index (χ0) is 21.3. The number of hydrogen-bond acceptors (Lipinski definition) is 5. The summed E-state index contributed by atoms with van der Waals surface area (Å²) in [6.07, 6.45) is 0.989. The Morgan fingerprint density at radius 1 is 1.07 bits per heavy atom. The summed E-state index contributed by atoms with van der Waals surface area (Å²) in [7, 11) is 2.56. The number of ether oxygens (including phenoxy) is 1. The Morgan fingerprint density at radius 2 is 1.72 bits per heavy atom. The predicted octanol–water partition coefficient (Wildman–Crippen LogP) is 3.20. The van der Waals surface area contributed by atoms with Gasteiger partial charge in [-0.2, -0.15) is 9.78 Å². The molecule has 3 rings (SSSR count). The molecule has 0 fully saturated rings. The summed E-state index contributed by atoms with van der Waals surface area (Å²) in [4.78, 5) is 36.7. The SMILES string of the molecule is COC(=O)C(c1ccc(Cl)cc1)c1c(Cl)ccc(-n2ncc(=O)n(C)c2=O)c1Cl. The molecule has 1 unspecified atom stereocenters. The molecule has 1 aromatic heterocycles. The van der Waals surface area contributed by atoms with Crippen LogP contribution in [-0.4, -0.2) is 27.4 Å². The second-order valence-electron chi connectivity index (χ2n) is 6.04. The summed E-state index contributed by atoms with van der Waals surface area (Å²) in [6, 6.07) is 9.52. The first-order valence-corrected chi connectivity index (χ1v) is 9.36. The van der Waals surface area contributed by atoms with Gasteiger partial charge in [0.05, 0.1) is 17.8 Å². The quantitative estimate of drug-likeness (QED) is 0.565. The lowest BCUT2D eigenvalue weighted by Gasteiger charge is -2.20. The molecule has 150 valence electrons. The Balaban J connectivity index is 2.28. The van der Waals surface area contributed by atoms with Gasteiger partial charge in [-0.3, -0.25) is 14.2 Å². The third-order valence-corrected chi connectivity index (χ3v) is 5.32. The average Bonchev–Trinajstić information content (AvgIpc) is 2.71. The van der Waals surface area contributed by atoms with Crippen molar-refractivity contribution in [2.24, 2.45) is 7.05 Å². The van der Waals surface area contributed by atoms with Gasteiger partial charge in [0.2, 0.25) is 0 Å². The monoisotopic (exact) mass is 453 g/mol. The minimum Gasteiger partial charge on any atom is -0.468 e. The fourth-order valence-corrected chi connectivity index (χ4v) is 3.62. The molecule has 0 saturated carbocycles. The molecule has 1 heterocycles. The van der Waals surface area contributed by atoms with Crippen LogP contribution in [0.4, 0.5) is 0 Å². The third kappa shape index (κ3) is 3.94. The third-order valence-electron chi connectivity index (χ3n) is 4.35. The van der Waals surface area contributed by atoms with Gasteiger partial charge in [-0.15, -0.1) is 0 Å². The second kappa shape index (κ2) is 8.41. The second-order valence-corrected chi connectivity index (χ2v) is 7.26. The van der Waals surface area contributed by atoms with Crippen molar-refractivity contribution in [1.29, 1.82) is 0 Å². The summed E-state index contributed by atoms with van der Waals surface area (Å²) < 4.78 is 6.79. The van der Waals surface area contributed by atoms with Crippen LogP contribution < -0.4 is 11.2 Å². The maximum absolute atomic E-state index is 12.6. The number of methoxy groups -OCH3 is 1. The minimum absolute atomic E-state index is 0.0242. The van der Waals surface area contributed by atoms with E-state index in [-0.39, 0.29) is 21.3 Å². The van der Waals surface area contributed by atoms with Crippen LogP contribution in [0.3, 0.4) is 0 Å². The highest BCUT2D eigenvalue weighted by Crippen LogP contribution is 2.39. The number of aromatic nitrogens is 3. The number of hydrogen-bond donors (Lipinski definition) is 0. The first-order valence-electron chi connectivity index (χ1n) is 8.23. The molecular formula is C19H14Cl3N3O4. The molecule has 3 aromatic rings. The number of carbonyl (C=O) groups is 1. The molecule has 0 saturated heterocycles. The normalized spacial score (nSPS) is 11.9. The number of rotatable bonds is 4. The van der Waals surface area contributed by atoms with E-state index in [1.165, 1.54) is 26.3 Å². The number of carbonyl (C=O) groups excluding carboxylic acids is 1. The van der Waals surface area contributed by atoms with Crippen LogP contribution in [0.25, 0.3) is 5.69 Å². The van der Waals surface area contributed by atoms with Crippen molar-refractivity contribution in [2.45, 2.75) is 5.92 Å². The van der Waals surface area contributed by atoms with Gasteiger partial charge >= 0.3 is 11.7 Å². The van der Waals surface area contributed by atoms with Gasteiger partial charge in [-0.1, -0.05) is 46.9 Å². The Hall–Kier alpha value is -2.61. The van der Waals surface area contributed by atoms with Crippen molar-refractivity contribution < 1.29 is 9.53 Å². The molecule has 0 aliphatic heterocycles. The molecule has 0 aliphatic carbocycles. The molecule has 2 aromatic carbocycles. The molecule has 0 amide bonds. The van der Waals surface area contributed by atoms with Crippen molar-refractivity contribution in [3.63, 3.8) is 0 Å². The number of halogens is 3. The van der Waals surface area contributed by atoms with Crippen molar-refractivity contribution in [3.05, 3.63) is 89.6 Å². The molecule has 0 N–H and O–H groups in total. The topological polar surface area (TPSA) is 83.2 Å². The first-order chi connectivity index (χ1) is 13.8. The van der Waals surface area contributed by atoms with Crippen LogP contribution in [0, 0.1) is 0 Å². The Kier molecular flexibility index (Phi) is 6.12. The van der Waals surface area contributed by atoms with Gasteiger partial charge in [-0.05, 0) is 29.8 Å². The maximum atomic E-state index is 12.6. The molecule has 0 bridgehead atoms. The van der Waals surface area contributed by atoms with E-state index in [0.717, 1.165) is 15.4 Å². The van der Waals surface area contributed by atoms with Gasteiger partial charge in [-0.25, -0.2) is 4.79 Å². The fourth-order valence-electron chi connectivity index (χ4n) is 2.82. The van der Waals surface area contributed by atoms with Crippen LogP contribution in [-0.2, 0) is 16.6 Å². The van der Waals surface area contributed by atoms with Crippen molar-refractivity contribution in [2.75, 3.05) is 7.11 Å². The highest BCUT2D eigenvalue weighted by molar-refractivity contribution is 6.37. The van der Waals surface area contributed by atoms with Crippen molar-refractivity contribution in [3.8, 4) is 5.69 Å².